The molecular weight excluding hydrogens is 385 g/mol. The summed E-state index contributed by atoms with van der Waals surface area (Å²) in [4.78, 5) is 24.5. The molecule has 0 heterocycles. The van der Waals surface area contributed by atoms with Gasteiger partial charge in [0.15, 0.2) is 15.1 Å². The van der Waals surface area contributed by atoms with E-state index in [-0.39, 0.29) is 5.56 Å². The van der Waals surface area contributed by atoms with E-state index >= 15 is 0 Å². The third kappa shape index (κ3) is 5.62. The van der Waals surface area contributed by atoms with Gasteiger partial charge in [-0.25, -0.2) is 12.8 Å². The summed E-state index contributed by atoms with van der Waals surface area (Å²) in [5.41, 5.74) is 0.208. The zero-order chi connectivity index (χ0) is 20.6. The predicted molar refractivity (Wildman–Crippen MR) is 100 cm³/mol. The third-order valence-electron chi connectivity index (χ3n) is 3.87. The molecule has 0 saturated carbocycles. The normalized spacial score (nSPS) is 11.9. The van der Waals surface area contributed by atoms with Crippen molar-refractivity contribution in [2.24, 2.45) is 0 Å². The zero-order valence-corrected chi connectivity index (χ0v) is 15.6. The molecule has 1 unspecified atom stereocenters. The lowest BCUT2D eigenvalue weighted by molar-refractivity contribution is -0.120. The minimum absolute atomic E-state index is 0.0880. The summed E-state index contributed by atoms with van der Waals surface area (Å²) < 4.78 is 39.3. The van der Waals surface area contributed by atoms with Crippen LogP contribution in [0.5, 0.6) is 0 Å². The molecule has 0 saturated heterocycles. The highest BCUT2D eigenvalue weighted by atomic mass is 32.2. The van der Waals surface area contributed by atoms with Gasteiger partial charge >= 0.3 is 0 Å². The monoisotopic (exact) mass is 403 g/mol. The number of benzene rings is 2. The second-order valence-electron chi connectivity index (χ2n) is 5.84. The molecule has 0 aliphatic carbocycles. The molecule has 2 N–H and O–H groups in total. The Hall–Kier alpha value is -3.25. The number of sulfone groups is 1. The Balaban J connectivity index is 2.20. The molecule has 1 atom stereocenters. The van der Waals surface area contributed by atoms with E-state index in [1.165, 1.54) is 30.3 Å². The molecule has 0 bridgehead atoms. The second-order valence-corrected chi connectivity index (χ2v) is 8.02. The van der Waals surface area contributed by atoms with Gasteiger partial charge in [0.25, 0.3) is 5.91 Å². The van der Waals surface area contributed by atoms with Crippen LogP contribution in [0, 0.1) is 17.1 Å². The Labute approximate surface area is 162 Å². The Bertz CT molecular complexity index is 988. The van der Waals surface area contributed by atoms with Gasteiger partial charge in [-0.05, 0) is 18.2 Å². The van der Waals surface area contributed by atoms with E-state index in [0.29, 0.717) is 5.56 Å². The topological polar surface area (TPSA) is 116 Å². The van der Waals surface area contributed by atoms with E-state index in [9.17, 15) is 22.4 Å². The molecule has 2 amide bonds. The third-order valence-corrected chi connectivity index (χ3v) is 5.83. The van der Waals surface area contributed by atoms with Crippen LogP contribution in [0.15, 0.2) is 54.6 Å². The van der Waals surface area contributed by atoms with E-state index in [1.54, 1.807) is 24.3 Å². The molecule has 0 aliphatic rings. The Morgan fingerprint density at radius 2 is 1.68 bits per heavy atom. The molecule has 146 valence electrons. The van der Waals surface area contributed by atoms with Crippen LogP contribution in [0.1, 0.15) is 15.9 Å². The fraction of sp³-hybridized carbons (Fsp3) is 0.211. The number of halogens is 1. The summed E-state index contributed by atoms with van der Waals surface area (Å²) in [6, 6.07) is 15.1. The van der Waals surface area contributed by atoms with Gasteiger partial charge in [0.1, 0.15) is 12.4 Å². The van der Waals surface area contributed by atoms with Crippen molar-refractivity contribution >= 4 is 21.7 Å². The van der Waals surface area contributed by atoms with Crippen molar-refractivity contribution in [1.29, 1.82) is 5.26 Å². The first kappa shape index (κ1) is 21.1. The lowest BCUT2D eigenvalue weighted by atomic mass is 10.2. The van der Waals surface area contributed by atoms with Crippen molar-refractivity contribution in [3.05, 3.63) is 71.5 Å². The number of rotatable bonds is 8. The standard InChI is InChI=1S/C19H18FN3O4S/c20-16-9-5-4-8-15(16)13-28(26,27)17(19(25)22-11-10-21)12-23-18(24)14-6-2-1-3-7-14/h1-9,17H,11-13H2,(H,22,25)(H,23,24). The SMILES string of the molecule is N#CCNC(=O)C(CNC(=O)c1ccccc1)S(=O)(=O)Cc1ccccc1F. The van der Waals surface area contributed by atoms with Crippen LogP contribution in [0.3, 0.4) is 0 Å². The van der Waals surface area contributed by atoms with Crippen molar-refractivity contribution in [2.45, 2.75) is 11.0 Å². The van der Waals surface area contributed by atoms with E-state index in [2.05, 4.69) is 10.6 Å². The fourth-order valence-electron chi connectivity index (χ4n) is 2.43. The van der Waals surface area contributed by atoms with Crippen LogP contribution in [0.2, 0.25) is 0 Å². The van der Waals surface area contributed by atoms with Crippen molar-refractivity contribution < 1.29 is 22.4 Å². The van der Waals surface area contributed by atoms with Crippen molar-refractivity contribution in [3.8, 4) is 6.07 Å². The van der Waals surface area contributed by atoms with Gasteiger partial charge in [-0.15, -0.1) is 0 Å². The van der Waals surface area contributed by atoms with Crippen LogP contribution < -0.4 is 10.6 Å². The fourth-order valence-corrected chi connectivity index (χ4v) is 4.05. The van der Waals surface area contributed by atoms with Gasteiger partial charge in [-0.2, -0.15) is 5.26 Å². The van der Waals surface area contributed by atoms with E-state index in [0.717, 1.165) is 6.07 Å². The number of carbonyl (C=O) groups excluding carboxylic acids is 2. The molecule has 0 fully saturated rings. The van der Waals surface area contributed by atoms with Gasteiger partial charge < -0.3 is 10.6 Å². The minimum Gasteiger partial charge on any atom is -0.350 e. The number of amides is 2. The maximum Gasteiger partial charge on any atom is 0.251 e. The van der Waals surface area contributed by atoms with Crippen molar-refractivity contribution in [1.82, 2.24) is 10.6 Å². The van der Waals surface area contributed by atoms with E-state index in [1.807, 2.05) is 0 Å². The molecule has 9 heteroatoms. The Kier molecular flexibility index (Phi) is 7.23. The number of hydrogen-bond acceptors (Lipinski definition) is 5. The molecular formula is C19H18FN3O4S. The quantitative estimate of drug-likeness (QED) is 0.642. The lowest BCUT2D eigenvalue weighted by Gasteiger charge is -2.18. The number of nitrogens with zero attached hydrogens (tertiary/aromatic N) is 1. The molecule has 28 heavy (non-hydrogen) atoms. The maximum absolute atomic E-state index is 13.8. The molecule has 7 nitrogen and oxygen atoms in total. The molecule has 0 aromatic heterocycles. The number of hydrogen-bond donors (Lipinski definition) is 2. The van der Waals surface area contributed by atoms with Gasteiger partial charge in [-0.3, -0.25) is 9.59 Å². The lowest BCUT2D eigenvalue weighted by Crippen LogP contribution is -2.47. The van der Waals surface area contributed by atoms with Crippen LogP contribution in [0.4, 0.5) is 4.39 Å². The Morgan fingerprint density at radius 1 is 1.04 bits per heavy atom. The zero-order valence-electron chi connectivity index (χ0n) is 14.8. The minimum atomic E-state index is -4.18. The average molecular weight is 403 g/mol. The maximum atomic E-state index is 13.8. The van der Waals surface area contributed by atoms with Gasteiger partial charge in [0.05, 0.1) is 11.8 Å². The van der Waals surface area contributed by atoms with Gasteiger partial charge in [0.2, 0.25) is 5.91 Å². The number of carbonyl (C=O) groups is 2. The van der Waals surface area contributed by atoms with E-state index in [4.69, 9.17) is 5.26 Å². The highest BCUT2D eigenvalue weighted by Gasteiger charge is 2.33. The molecule has 0 radical (unpaired) electrons. The van der Waals surface area contributed by atoms with Gasteiger partial charge in [-0.1, -0.05) is 36.4 Å². The van der Waals surface area contributed by atoms with Crippen LogP contribution >= 0.6 is 0 Å². The molecule has 0 aliphatic heterocycles. The average Bonchev–Trinajstić information content (AvgIpc) is 2.68. The first-order chi connectivity index (χ1) is 13.3. The summed E-state index contributed by atoms with van der Waals surface area (Å²) in [6.07, 6.45) is 0. The van der Waals surface area contributed by atoms with Crippen molar-refractivity contribution in [2.75, 3.05) is 13.1 Å². The van der Waals surface area contributed by atoms with Crippen LogP contribution in [-0.4, -0.2) is 38.6 Å². The Morgan fingerprint density at radius 3 is 2.32 bits per heavy atom. The summed E-state index contributed by atoms with van der Waals surface area (Å²) in [7, 11) is -4.18. The summed E-state index contributed by atoms with van der Waals surface area (Å²) in [5.74, 6) is -2.92. The molecule has 2 rings (SSSR count). The molecule has 0 spiro atoms. The van der Waals surface area contributed by atoms with Crippen LogP contribution in [0.25, 0.3) is 0 Å². The van der Waals surface area contributed by atoms with E-state index < -0.39 is 51.6 Å². The van der Waals surface area contributed by atoms with Crippen LogP contribution in [-0.2, 0) is 20.4 Å². The molecule has 2 aromatic carbocycles. The largest absolute Gasteiger partial charge is 0.350 e. The highest BCUT2D eigenvalue weighted by molar-refractivity contribution is 7.92. The highest BCUT2D eigenvalue weighted by Crippen LogP contribution is 2.15. The van der Waals surface area contributed by atoms with Gasteiger partial charge in [0, 0.05) is 17.7 Å². The molecule has 2 aromatic rings. The summed E-state index contributed by atoms with van der Waals surface area (Å²) in [5, 5.41) is 11.5. The first-order valence-corrected chi connectivity index (χ1v) is 9.99. The smallest absolute Gasteiger partial charge is 0.251 e. The summed E-state index contributed by atoms with van der Waals surface area (Å²) in [6.45, 7) is -0.904. The predicted octanol–water partition coefficient (Wildman–Crippen LogP) is 1.18. The van der Waals surface area contributed by atoms with Crippen molar-refractivity contribution in [3.63, 3.8) is 0 Å². The number of nitriles is 1. The second kappa shape index (κ2) is 9.62. The summed E-state index contributed by atoms with van der Waals surface area (Å²) >= 11 is 0. The first-order valence-electron chi connectivity index (χ1n) is 8.28. The number of nitrogens with one attached hydrogen (secondary N) is 2.